The molecule has 3 fully saturated rings. The Balaban J connectivity index is 1.58. The Morgan fingerprint density at radius 2 is 1.77 bits per heavy atom. The lowest BCUT2D eigenvalue weighted by Gasteiger charge is -2.23. The highest BCUT2D eigenvalue weighted by molar-refractivity contribution is 6.24. The average Bonchev–Trinajstić information content (AvgIpc) is 3.21. The first-order valence-electron chi connectivity index (χ1n) is 9.33. The third kappa shape index (κ3) is 1.78. The molecule has 0 aromatic heterocycles. The Bertz CT molecular complexity index is 848. The maximum absolute atomic E-state index is 13.3. The first kappa shape index (κ1) is 15.8. The molecule has 5 rings (SSSR count). The van der Waals surface area contributed by atoms with Crippen LogP contribution in [0.1, 0.15) is 37.0 Å². The van der Waals surface area contributed by atoms with E-state index in [0.29, 0.717) is 23.6 Å². The highest BCUT2D eigenvalue weighted by atomic mass is 16.5. The van der Waals surface area contributed by atoms with E-state index in [2.05, 4.69) is 12.2 Å². The van der Waals surface area contributed by atoms with Crippen molar-refractivity contribution in [2.75, 3.05) is 11.5 Å². The van der Waals surface area contributed by atoms with E-state index in [-0.39, 0.29) is 46.7 Å². The molecule has 1 aromatic rings. The van der Waals surface area contributed by atoms with Crippen LogP contribution >= 0.6 is 0 Å². The molecule has 5 heteroatoms. The first-order chi connectivity index (χ1) is 12.5. The van der Waals surface area contributed by atoms with E-state index < -0.39 is 0 Å². The van der Waals surface area contributed by atoms with Gasteiger partial charge in [0, 0.05) is 5.56 Å². The van der Waals surface area contributed by atoms with Gasteiger partial charge in [-0.1, -0.05) is 12.2 Å². The lowest BCUT2D eigenvalue weighted by atomic mass is 9.85. The minimum atomic E-state index is -0.254. The number of Topliss-reactive ketones (excluding diaryl/α,β-unsaturated/α-hetero) is 1. The molecule has 3 aliphatic carbocycles. The predicted octanol–water partition coefficient (Wildman–Crippen LogP) is 2.99. The number of amides is 2. The van der Waals surface area contributed by atoms with Crippen LogP contribution in [0.2, 0.25) is 0 Å². The number of hydrogen-bond donors (Lipinski definition) is 0. The summed E-state index contributed by atoms with van der Waals surface area (Å²) in [4.78, 5) is 39.6. The number of carbonyl (C=O) groups excluding carboxylic acids is 3. The van der Waals surface area contributed by atoms with Gasteiger partial charge in [-0.2, -0.15) is 0 Å². The molecule has 0 N–H and O–H groups in total. The van der Waals surface area contributed by atoms with Gasteiger partial charge in [0.1, 0.15) is 5.75 Å². The molecular formula is C21H21NO4. The number of imide groups is 1. The summed E-state index contributed by atoms with van der Waals surface area (Å²) in [5.41, 5.74) is 1.06. The molecule has 1 aromatic carbocycles. The van der Waals surface area contributed by atoms with Gasteiger partial charge in [-0.3, -0.25) is 14.4 Å². The number of ether oxygens (including phenoxy) is 1. The molecule has 5 nitrogen and oxygen atoms in total. The van der Waals surface area contributed by atoms with Crippen molar-refractivity contribution >= 4 is 23.3 Å². The molecule has 1 spiro atoms. The second kappa shape index (κ2) is 5.06. The number of rotatable bonds is 4. The van der Waals surface area contributed by atoms with Gasteiger partial charge >= 0.3 is 0 Å². The third-order valence-electron chi connectivity index (χ3n) is 6.76. The summed E-state index contributed by atoms with van der Waals surface area (Å²) in [6.45, 7) is 3.75. The molecule has 2 saturated carbocycles. The van der Waals surface area contributed by atoms with Crippen LogP contribution in [0.4, 0.5) is 5.69 Å². The SMILES string of the molecule is CCOc1ccc(C(C)=O)cc1N1C(=O)[C@H]2[C@H](C1=O)[C@H]1C=C[C@H]2C12CC2. The third-order valence-corrected chi connectivity index (χ3v) is 6.76. The number of carbonyl (C=O) groups is 3. The molecule has 0 unspecified atom stereocenters. The molecule has 4 aliphatic rings. The van der Waals surface area contributed by atoms with Crippen molar-refractivity contribution in [3.8, 4) is 5.75 Å². The van der Waals surface area contributed by atoms with Crippen LogP contribution in [0.25, 0.3) is 0 Å². The van der Waals surface area contributed by atoms with E-state index in [0.717, 1.165) is 12.8 Å². The predicted molar refractivity (Wildman–Crippen MR) is 94.9 cm³/mol. The van der Waals surface area contributed by atoms with Crippen LogP contribution in [0.5, 0.6) is 5.75 Å². The summed E-state index contributed by atoms with van der Waals surface area (Å²) in [6, 6.07) is 4.97. The fourth-order valence-corrected chi connectivity index (χ4v) is 5.50. The van der Waals surface area contributed by atoms with Crippen molar-refractivity contribution in [1.82, 2.24) is 0 Å². The quantitative estimate of drug-likeness (QED) is 0.475. The maximum atomic E-state index is 13.3. The fraction of sp³-hybridized carbons (Fsp3) is 0.476. The van der Waals surface area contributed by atoms with Gasteiger partial charge in [0.25, 0.3) is 0 Å². The summed E-state index contributed by atoms with van der Waals surface area (Å²) in [5, 5.41) is 0. The largest absolute Gasteiger partial charge is 0.492 e. The highest BCUT2D eigenvalue weighted by Crippen LogP contribution is 2.73. The van der Waals surface area contributed by atoms with E-state index >= 15 is 0 Å². The van der Waals surface area contributed by atoms with E-state index in [9.17, 15) is 14.4 Å². The van der Waals surface area contributed by atoms with E-state index in [4.69, 9.17) is 4.74 Å². The maximum Gasteiger partial charge on any atom is 0.238 e. The van der Waals surface area contributed by atoms with Crippen molar-refractivity contribution in [2.24, 2.45) is 29.1 Å². The summed E-state index contributed by atoms with van der Waals surface area (Å²) in [6.07, 6.45) is 6.55. The monoisotopic (exact) mass is 351 g/mol. The summed E-state index contributed by atoms with van der Waals surface area (Å²) in [5.74, 6) is -0.0377. The zero-order valence-corrected chi connectivity index (χ0v) is 14.9. The zero-order valence-electron chi connectivity index (χ0n) is 14.9. The number of fused-ring (bicyclic) bond motifs is 3. The Hall–Kier alpha value is -2.43. The van der Waals surface area contributed by atoms with Gasteiger partial charge in [-0.15, -0.1) is 0 Å². The molecule has 0 radical (unpaired) electrons. The van der Waals surface area contributed by atoms with Crippen LogP contribution in [-0.4, -0.2) is 24.2 Å². The van der Waals surface area contributed by atoms with Gasteiger partial charge in [-0.05, 0) is 62.1 Å². The molecule has 4 atom stereocenters. The molecule has 1 aliphatic heterocycles. The van der Waals surface area contributed by atoms with Crippen molar-refractivity contribution in [3.63, 3.8) is 0 Å². The van der Waals surface area contributed by atoms with Crippen molar-refractivity contribution in [1.29, 1.82) is 0 Å². The number of allylic oxidation sites excluding steroid dienone is 2. The number of nitrogens with zero attached hydrogens (tertiary/aromatic N) is 1. The van der Waals surface area contributed by atoms with Gasteiger partial charge in [0.05, 0.1) is 24.1 Å². The minimum Gasteiger partial charge on any atom is -0.492 e. The van der Waals surface area contributed by atoms with Crippen LogP contribution in [0.3, 0.4) is 0 Å². The van der Waals surface area contributed by atoms with Crippen LogP contribution in [0.15, 0.2) is 30.4 Å². The standard InChI is InChI=1S/C21H21NO4/c1-3-26-16-7-4-12(11(2)23)10-15(16)22-19(24)17-13-5-6-14(18(17)20(22)25)21(13)8-9-21/h4-7,10,13-14,17-18H,3,8-9H2,1-2H3/t13-,14-,17-,18-/m1/s1. The highest BCUT2D eigenvalue weighted by Gasteiger charge is 2.73. The Labute approximate surface area is 152 Å². The van der Waals surface area contributed by atoms with Crippen molar-refractivity contribution in [2.45, 2.75) is 26.7 Å². The minimum absolute atomic E-state index is 0.104. The smallest absolute Gasteiger partial charge is 0.238 e. The average molecular weight is 351 g/mol. The number of benzene rings is 1. The normalized spacial score (nSPS) is 32.5. The zero-order chi connectivity index (χ0) is 18.2. The van der Waals surface area contributed by atoms with E-state index in [1.807, 2.05) is 6.92 Å². The number of ketones is 1. The van der Waals surface area contributed by atoms with E-state index in [1.54, 1.807) is 18.2 Å². The summed E-state index contributed by atoms with van der Waals surface area (Å²) in [7, 11) is 0. The van der Waals surface area contributed by atoms with Crippen molar-refractivity contribution < 1.29 is 19.1 Å². The second-order valence-electron chi connectivity index (χ2n) is 7.90. The van der Waals surface area contributed by atoms with Gasteiger partial charge < -0.3 is 4.74 Å². The topological polar surface area (TPSA) is 63.7 Å². The molecule has 1 saturated heterocycles. The molecule has 134 valence electrons. The van der Waals surface area contributed by atoms with E-state index in [1.165, 1.54) is 11.8 Å². The lowest BCUT2D eigenvalue weighted by molar-refractivity contribution is -0.123. The summed E-state index contributed by atoms with van der Waals surface area (Å²) < 4.78 is 5.65. The van der Waals surface area contributed by atoms with Gasteiger partial charge in [-0.25, -0.2) is 4.90 Å². The first-order valence-corrected chi connectivity index (χ1v) is 9.33. The number of anilines is 1. The Morgan fingerprint density at radius 1 is 1.15 bits per heavy atom. The van der Waals surface area contributed by atoms with Crippen LogP contribution < -0.4 is 9.64 Å². The van der Waals surface area contributed by atoms with Crippen LogP contribution in [-0.2, 0) is 9.59 Å². The number of hydrogen-bond acceptors (Lipinski definition) is 4. The molecule has 2 amide bonds. The Morgan fingerprint density at radius 3 is 2.27 bits per heavy atom. The van der Waals surface area contributed by atoms with Gasteiger partial charge in [0.15, 0.2) is 5.78 Å². The van der Waals surface area contributed by atoms with Gasteiger partial charge in [0.2, 0.25) is 11.8 Å². The lowest BCUT2D eigenvalue weighted by Crippen LogP contribution is -2.35. The molecule has 2 bridgehead atoms. The molecular weight excluding hydrogens is 330 g/mol. The molecule has 1 heterocycles. The summed E-state index contributed by atoms with van der Waals surface area (Å²) >= 11 is 0. The fourth-order valence-electron chi connectivity index (χ4n) is 5.50. The van der Waals surface area contributed by atoms with Crippen molar-refractivity contribution in [3.05, 3.63) is 35.9 Å². The molecule has 26 heavy (non-hydrogen) atoms. The second-order valence-corrected chi connectivity index (χ2v) is 7.90. The Kier molecular flexibility index (Phi) is 3.07. The van der Waals surface area contributed by atoms with Crippen LogP contribution in [0, 0.1) is 29.1 Å².